The van der Waals surface area contributed by atoms with Gasteiger partial charge in [-0.05, 0) is 46.1 Å². The standard InChI is InChI=1S/C20H20N6O3S/c1-30(28)10-3-8-26(9-11-30)20(27)17-14-6-5-13(12-16(14)29-25-17)22-19-18-15(23-24-19)4-2-7-21-18/h2,4-7,12H,1,3,8-11H2,(H2,22,23,24). The Morgan fingerprint density at radius 2 is 2.17 bits per heavy atom. The van der Waals surface area contributed by atoms with Gasteiger partial charge in [-0.25, -0.2) is 0 Å². The third-order valence-electron chi connectivity index (χ3n) is 5.22. The van der Waals surface area contributed by atoms with E-state index < -0.39 is 9.52 Å². The van der Waals surface area contributed by atoms with Crippen LogP contribution in [0.1, 0.15) is 16.9 Å². The summed E-state index contributed by atoms with van der Waals surface area (Å²) in [6, 6.07) is 9.14. The van der Waals surface area contributed by atoms with E-state index in [0.717, 1.165) is 16.7 Å². The van der Waals surface area contributed by atoms with Crippen LogP contribution in [-0.4, -0.2) is 65.8 Å². The monoisotopic (exact) mass is 424 g/mol. The lowest BCUT2D eigenvalue weighted by Crippen LogP contribution is -2.33. The van der Waals surface area contributed by atoms with Crippen molar-refractivity contribution in [2.45, 2.75) is 6.42 Å². The Morgan fingerprint density at radius 3 is 3.07 bits per heavy atom. The van der Waals surface area contributed by atoms with Crippen LogP contribution in [0.15, 0.2) is 41.1 Å². The summed E-state index contributed by atoms with van der Waals surface area (Å²) in [6.45, 7) is 0.951. The van der Waals surface area contributed by atoms with Gasteiger partial charge in [0.15, 0.2) is 17.1 Å². The molecule has 0 aliphatic carbocycles. The number of benzene rings is 1. The number of rotatable bonds is 3. The number of hydrogen-bond acceptors (Lipinski definition) is 7. The van der Waals surface area contributed by atoms with E-state index >= 15 is 0 Å². The third kappa shape index (κ3) is 3.39. The van der Waals surface area contributed by atoms with Gasteiger partial charge in [0.2, 0.25) is 0 Å². The minimum absolute atomic E-state index is 0.214. The fraction of sp³-hybridized carbons (Fsp3) is 0.250. The molecule has 3 aromatic heterocycles. The Balaban J connectivity index is 1.40. The summed E-state index contributed by atoms with van der Waals surface area (Å²) < 4.78 is 17.7. The fourth-order valence-corrected chi connectivity index (χ4v) is 5.02. The van der Waals surface area contributed by atoms with Gasteiger partial charge in [0.25, 0.3) is 5.91 Å². The largest absolute Gasteiger partial charge is 0.355 e. The highest BCUT2D eigenvalue weighted by Crippen LogP contribution is 2.27. The Kier molecular flexibility index (Phi) is 4.43. The van der Waals surface area contributed by atoms with Crippen molar-refractivity contribution in [3.05, 3.63) is 42.2 Å². The maximum absolute atomic E-state index is 13.0. The molecule has 4 heterocycles. The lowest BCUT2D eigenvalue weighted by Gasteiger charge is -2.18. The number of H-pyrrole nitrogens is 1. The summed E-state index contributed by atoms with van der Waals surface area (Å²) in [5.74, 6) is 5.13. The molecular weight excluding hydrogens is 404 g/mol. The number of nitrogens with zero attached hydrogens (tertiary/aromatic N) is 4. The van der Waals surface area contributed by atoms with E-state index in [-0.39, 0.29) is 11.6 Å². The van der Waals surface area contributed by atoms with Crippen molar-refractivity contribution in [3.8, 4) is 0 Å². The van der Waals surface area contributed by atoms with E-state index in [9.17, 15) is 9.00 Å². The van der Waals surface area contributed by atoms with Crippen LogP contribution in [0.4, 0.5) is 11.5 Å². The van der Waals surface area contributed by atoms with Crippen molar-refractivity contribution >= 4 is 54.8 Å². The van der Waals surface area contributed by atoms with Gasteiger partial charge in [0.1, 0.15) is 5.52 Å². The average Bonchev–Trinajstić information content (AvgIpc) is 3.29. The van der Waals surface area contributed by atoms with Crippen molar-refractivity contribution in [1.82, 2.24) is 25.2 Å². The number of nitrogens with one attached hydrogen (secondary N) is 2. The minimum atomic E-state index is -2.10. The molecule has 1 atom stereocenters. The first-order valence-electron chi connectivity index (χ1n) is 9.58. The second-order valence-corrected chi connectivity index (χ2v) is 10.1. The number of carbonyl (C=O) groups is 1. The average molecular weight is 424 g/mol. The summed E-state index contributed by atoms with van der Waals surface area (Å²) in [6.07, 6.45) is 2.37. The van der Waals surface area contributed by atoms with Gasteiger partial charge in [0, 0.05) is 42.5 Å². The summed E-state index contributed by atoms with van der Waals surface area (Å²) in [7, 11) is -2.10. The van der Waals surface area contributed by atoms with Crippen molar-refractivity contribution in [1.29, 1.82) is 0 Å². The van der Waals surface area contributed by atoms with Gasteiger partial charge in [-0.3, -0.25) is 19.1 Å². The van der Waals surface area contributed by atoms with Crippen LogP contribution in [-0.2, 0) is 9.52 Å². The summed E-state index contributed by atoms with van der Waals surface area (Å²) in [5.41, 5.74) is 3.06. The second kappa shape index (κ2) is 7.13. The molecule has 1 aromatic carbocycles. The lowest BCUT2D eigenvalue weighted by molar-refractivity contribution is 0.0760. The number of fused-ring (bicyclic) bond motifs is 2. The van der Waals surface area contributed by atoms with E-state index in [4.69, 9.17) is 4.52 Å². The minimum Gasteiger partial charge on any atom is -0.355 e. The van der Waals surface area contributed by atoms with Gasteiger partial charge in [-0.1, -0.05) is 5.16 Å². The molecule has 0 bridgehead atoms. The predicted octanol–water partition coefficient (Wildman–Crippen LogP) is 2.41. The second-order valence-electron chi connectivity index (χ2n) is 7.36. The highest BCUT2D eigenvalue weighted by Gasteiger charge is 2.25. The molecule has 0 spiro atoms. The summed E-state index contributed by atoms with van der Waals surface area (Å²) in [4.78, 5) is 19.0. The fourth-order valence-electron chi connectivity index (χ4n) is 3.61. The molecule has 0 saturated carbocycles. The number of anilines is 2. The van der Waals surface area contributed by atoms with Crippen molar-refractivity contribution < 1.29 is 13.5 Å². The Hall–Kier alpha value is -3.40. The molecule has 1 fully saturated rings. The maximum atomic E-state index is 13.0. The van der Waals surface area contributed by atoms with E-state index in [1.54, 1.807) is 23.2 Å². The lowest BCUT2D eigenvalue weighted by atomic mass is 10.1. The smallest absolute Gasteiger partial charge is 0.276 e. The van der Waals surface area contributed by atoms with E-state index in [1.807, 2.05) is 18.2 Å². The van der Waals surface area contributed by atoms with Crippen molar-refractivity contribution in [3.63, 3.8) is 0 Å². The van der Waals surface area contributed by atoms with Crippen molar-refractivity contribution in [2.24, 2.45) is 0 Å². The summed E-state index contributed by atoms with van der Waals surface area (Å²) in [5, 5.41) is 15.0. The first kappa shape index (κ1) is 18.6. The molecule has 5 rings (SSSR count). The first-order chi connectivity index (χ1) is 14.5. The van der Waals surface area contributed by atoms with Gasteiger partial charge >= 0.3 is 0 Å². The number of aromatic nitrogens is 4. The molecule has 10 heteroatoms. The third-order valence-corrected chi connectivity index (χ3v) is 7.18. The molecule has 0 radical (unpaired) electrons. The number of hydrogen-bond donors (Lipinski definition) is 2. The highest BCUT2D eigenvalue weighted by molar-refractivity contribution is 8.00. The van der Waals surface area contributed by atoms with E-state index in [1.165, 1.54) is 0 Å². The van der Waals surface area contributed by atoms with E-state index in [2.05, 4.69) is 31.5 Å². The van der Waals surface area contributed by atoms with Crippen LogP contribution < -0.4 is 5.32 Å². The zero-order valence-electron chi connectivity index (χ0n) is 16.1. The molecular formula is C20H20N6O3S. The van der Waals surface area contributed by atoms with Crippen molar-refractivity contribution in [2.75, 3.05) is 29.9 Å². The number of aromatic amines is 1. The Labute approximate surface area is 172 Å². The summed E-state index contributed by atoms with van der Waals surface area (Å²) >= 11 is 0. The molecule has 30 heavy (non-hydrogen) atoms. The molecule has 9 nitrogen and oxygen atoms in total. The van der Waals surface area contributed by atoms with Crippen LogP contribution in [0.3, 0.4) is 0 Å². The van der Waals surface area contributed by atoms with Crippen LogP contribution >= 0.6 is 0 Å². The normalized spacial score (nSPS) is 19.8. The SMILES string of the molecule is C=S1(=O)CCCN(C(=O)c2noc3cc(Nc4n[nH]c5cccnc45)ccc23)CC1. The van der Waals surface area contributed by atoms with Gasteiger partial charge < -0.3 is 14.7 Å². The first-order valence-corrected chi connectivity index (χ1v) is 11.6. The van der Waals surface area contributed by atoms with Crippen LogP contribution in [0.2, 0.25) is 0 Å². The molecule has 1 amide bonds. The number of amides is 1. The molecule has 2 N–H and O–H groups in total. The number of pyridine rings is 1. The van der Waals surface area contributed by atoms with Crippen LogP contribution in [0, 0.1) is 0 Å². The predicted molar refractivity (Wildman–Crippen MR) is 117 cm³/mol. The Morgan fingerprint density at radius 1 is 1.27 bits per heavy atom. The zero-order valence-corrected chi connectivity index (χ0v) is 16.9. The number of carbonyl (C=O) groups excluding carboxylic acids is 1. The molecule has 4 aromatic rings. The van der Waals surface area contributed by atoms with E-state index in [0.29, 0.717) is 47.8 Å². The molecule has 1 unspecified atom stereocenters. The Bertz CT molecular complexity index is 1360. The van der Waals surface area contributed by atoms with Gasteiger partial charge in [-0.15, -0.1) is 0 Å². The zero-order chi connectivity index (χ0) is 20.7. The molecule has 1 aliphatic rings. The van der Waals surface area contributed by atoms with Crippen LogP contribution in [0.25, 0.3) is 22.0 Å². The van der Waals surface area contributed by atoms with Crippen LogP contribution in [0.5, 0.6) is 0 Å². The quantitative estimate of drug-likeness (QED) is 0.485. The maximum Gasteiger partial charge on any atom is 0.276 e. The highest BCUT2D eigenvalue weighted by atomic mass is 32.2. The molecule has 154 valence electrons. The molecule has 1 saturated heterocycles. The van der Waals surface area contributed by atoms with Gasteiger partial charge in [-0.2, -0.15) is 5.10 Å². The molecule has 1 aliphatic heterocycles. The topological polar surface area (TPSA) is 117 Å². The van der Waals surface area contributed by atoms with Gasteiger partial charge in [0.05, 0.1) is 10.9 Å².